The van der Waals surface area contributed by atoms with Crippen LogP contribution < -0.4 is 65.1 Å². The molecule has 6 heterocycles. The Hall–Kier alpha value is -12.2. The molecule has 30 nitrogen and oxygen atoms in total. The predicted octanol–water partition coefficient (Wildman–Crippen LogP) is -1.49. The first-order chi connectivity index (χ1) is 37.7. The summed E-state index contributed by atoms with van der Waals surface area (Å²) in [7, 11) is 0. The van der Waals surface area contributed by atoms with Gasteiger partial charge in [-0.2, -0.15) is 0 Å². The van der Waals surface area contributed by atoms with Crippen molar-refractivity contribution in [2.75, 3.05) is 0 Å². The number of nitrogens with one attached hydrogen (secondary N) is 12. The van der Waals surface area contributed by atoms with E-state index in [0.717, 1.165) is 0 Å². The second-order valence-electron chi connectivity index (χ2n) is 15.1. The van der Waals surface area contributed by atoms with Crippen molar-refractivity contribution in [1.29, 1.82) is 0 Å². The number of carbonyl (C=O) groups is 12. The van der Waals surface area contributed by atoms with Crippen LogP contribution in [0.4, 0.5) is 0 Å². The number of benzene rings is 1. The van der Waals surface area contributed by atoms with Gasteiger partial charge >= 0.3 is 0 Å². The molecule has 0 aliphatic rings. The maximum Gasteiger partial charge on any atom is 0.271 e. The summed E-state index contributed by atoms with van der Waals surface area (Å²) in [6.45, 7) is 0. The van der Waals surface area contributed by atoms with E-state index in [9.17, 15) is 57.5 Å². The highest BCUT2D eigenvalue weighted by Crippen LogP contribution is 2.30. The van der Waals surface area contributed by atoms with Crippen molar-refractivity contribution < 1.29 is 57.5 Å². The van der Waals surface area contributed by atoms with Crippen LogP contribution in [0.25, 0.3) is 0 Å². The number of hydrazine groups is 6. The van der Waals surface area contributed by atoms with Crippen molar-refractivity contribution in [1.82, 2.24) is 95.0 Å². The number of hydrogen-bond acceptors (Lipinski definition) is 18. The van der Waals surface area contributed by atoms with E-state index in [1.165, 1.54) is 147 Å². The minimum Gasteiger partial charge on any atom is -0.267 e. The van der Waals surface area contributed by atoms with Crippen LogP contribution in [0.2, 0.25) is 0 Å². The van der Waals surface area contributed by atoms with Crippen molar-refractivity contribution in [2.45, 2.75) is 0 Å². The van der Waals surface area contributed by atoms with Crippen molar-refractivity contribution in [3.63, 3.8) is 0 Å². The van der Waals surface area contributed by atoms with E-state index in [0.29, 0.717) is 0 Å². The Morgan fingerprint density at radius 2 is 0.282 bits per heavy atom. The maximum atomic E-state index is 15.0. The molecule has 0 bridgehead atoms. The summed E-state index contributed by atoms with van der Waals surface area (Å²) >= 11 is 0. The van der Waals surface area contributed by atoms with Crippen LogP contribution >= 0.6 is 0 Å². The van der Waals surface area contributed by atoms with Crippen molar-refractivity contribution in [3.05, 3.63) is 214 Å². The first-order valence-corrected chi connectivity index (χ1v) is 22.0. The summed E-state index contributed by atoms with van der Waals surface area (Å²) in [5.74, 6) is -16.9. The van der Waals surface area contributed by atoms with E-state index in [1.807, 2.05) is 65.1 Å². The minimum atomic E-state index is -1.75. The second kappa shape index (κ2) is 25.4. The fourth-order valence-electron chi connectivity index (χ4n) is 6.62. The number of nitrogens with zero attached hydrogens (tertiary/aromatic N) is 6. The topological polar surface area (TPSA) is 427 Å². The summed E-state index contributed by atoms with van der Waals surface area (Å²) in [6.07, 6.45) is 14.5. The molecule has 7 aromatic rings. The van der Waals surface area contributed by atoms with E-state index in [2.05, 4.69) is 29.9 Å². The van der Waals surface area contributed by atoms with Gasteiger partial charge in [-0.3, -0.25) is 153 Å². The van der Waals surface area contributed by atoms with Gasteiger partial charge in [0.1, 0.15) is 0 Å². The van der Waals surface area contributed by atoms with Gasteiger partial charge < -0.3 is 0 Å². The average Bonchev–Trinajstić information content (AvgIpc) is 3.54. The molecule has 78 heavy (non-hydrogen) atoms. The number of carbonyl (C=O) groups excluding carboxylic acids is 12. The van der Waals surface area contributed by atoms with Gasteiger partial charge in [0, 0.05) is 108 Å². The molecule has 12 amide bonds. The van der Waals surface area contributed by atoms with E-state index >= 15 is 0 Å². The van der Waals surface area contributed by atoms with Crippen molar-refractivity contribution in [3.8, 4) is 0 Å². The van der Waals surface area contributed by atoms with E-state index in [1.54, 1.807) is 0 Å². The van der Waals surface area contributed by atoms with Crippen LogP contribution in [0.5, 0.6) is 0 Å². The van der Waals surface area contributed by atoms with Gasteiger partial charge in [0.2, 0.25) is 0 Å². The molecule has 7 rings (SSSR count). The van der Waals surface area contributed by atoms with Crippen LogP contribution in [0, 0.1) is 0 Å². The molecule has 0 unspecified atom stereocenters. The Morgan fingerprint density at radius 3 is 0.397 bits per heavy atom. The zero-order valence-electron chi connectivity index (χ0n) is 39.4. The smallest absolute Gasteiger partial charge is 0.267 e. The standard InChI is InChI=1S/C48H36N18O12/c67-37(25-1-13-49-14-2-25)55-61-43(73)31-32(44(74)62-56-38(68)26-3-15-50-16-4-26)34(46(76)64-58-40(70)28-7-19-52-20-8-28)36(48(78)66-60-42(72)30-11-23-54-24-12-30)35(47(77)65-59-41(71)29-9-21-53-22-10-29)33(31)45(75)63-57-39(69)27-5-17-51-18-6-27/h1-24H,(H,55,67)(H,56,68)(H,57,69)(H,58,70)(H,59,71)(H,60,72)(H,61,73)(H,62,74)(H,63,75)(H,64,76)(H,65,77)(H,66,78). The largest absolute Gasteiger partial charge is 0.271 e. The Bertz CT molecular complexity index is 2860. The molecule has 0 saturated heterocycles. The highest BCUT2D eigenvalue weighted by Gasteiger charge is 2.41. The van der Waals surface area contributed by atoms with Crippen molar-refractivity contribution >= 4 is 70.9 Å². The number of pyridine rings is 6. The molecule has 0 fully saturated rings. The van der Waals surface area contributed by atoms with Gasteiger partial charge in [-0.25, -0.2) is 0 Å². The summed E-state index contributed by atoms with van der Waals surface area (Å²) < 4.78 is 0. The first kappa shape index (κ1) is 53.6. The van der Waals surface area contributed by atoms with Crippen molar-refractivity contribution in [2.24, 2.45) is 0 Å². The molecule has 0 saturated carbocycles. The molecular weight excluding hydrogens is 1020 g/mol. The van der Waals surface area contributed by atoms with E-state index in [-0.39, 0.29) is 33.4 Å². The third-order valence-electron chi connectivity index (χ3n) is 10.3. The van der Waals surface area contributed by atoms with E-state index in [4.69, 9.17) is 0 Å². The Labute approximate surface area is 436 Å². The van der Waals surface area contributed by atoms with Gasteiger partial charge in [0.05, 0.1) is 33.4 Å². The van der Waals surface area contributed by atoms with Crippen LogP contribution in [0.1, 0.15) is 124 Å². The molecule has 6 aromatic heterocycles. The molecule has 12 N–H and O–H groups in total. The van der Waals surface area contributed by atoms with Crippen LogP contribution in [0.3, 0.4) is 0 Å². The van der Waals surface area contributed by atoms with Crippen LogP contribution in [0.15, 0.2) is 147 Å². The fraction of sp³-hybridized carbons (Fsp3) is 0. The van der Waals surface area contributed by atoms with Gasteiger partial charge in [0.15, 0.2) is 0 Å². The lowest BCUT2D eigenvalue weighted by Gasteiger charge is -2.25. The van der Waals surface area contributed by atoms with Gasteiger partial charge in [-0.05, 0) is 72.8 Å². The molecule has 0 spiro atoms. The van der Waals surface area contributed by atoms with Crippen LogP contribution in [-0.2, 0) is 0 Å². The fourth-order valence-corrected chi connectivity index (χ4v) is 6.62. The quantitative estimate of drug-likeness (QED) is 0.0620. The molecule has 1 aromatic carbocycles. The van der Waals surface area contributed by atoms with E-state index < -0.39 is 104 Å². The summed E-state index contributed by atoms with van der Waals surface area (Å²) in [5, 5.41) is 0. The number of hydrogen-bond donors (Lipinski definition) is 12. The molecule has 390 valence electrons. The Balaban J connectivity index is 1.50. The summed E-state index contributed by atoms with van der Waals surface area (Å²) in [5.41, 5.74) is 14.8. The molecule has 0 atom stereocenters. The summed E-state index contributed by atoms with van der Waals surface area (Å²) in [4.78, 5) is 193. The number of amides is 12. The number of aromatic nitrogens is 6. The zero-order chi connectivity index (χ0) is 55.6. The summed E-state index contributed by atoms with van der Waals surface area (Å²) in [6, 6.07) is 14.5. The van der Waals surface area contributed by atoms with Gasteiger partial charge in [-0.15, -0.1) is 0 Å². The molecule has 30 heteroatoms. The minimum absolute atomic E-state index is 0.130. The average molecular weight is 1060 g/mol. The van der Waals surface area contributed by atoms with Gasteiger partial charge in [-0.1, -0.05) is 0 Å². The lowest BCUT2D eigenvalue weighted by atomic mass is 9.84. The third kappa shape index (κ3) is 13.2. The lowest BCUT2D eigenvalue weighted by Crippen LogP contribution is -2.51. The highest BCUT2D eigenvalue weighted by molar-refractivity contribution is 6.28. The maximum absolute atomic E-state index is 15.0. The lowest BCUT2D eigenvalue weighted by molar-refractivity contribution is 0.0800. The normalized spacial score (nSPS) is 10.2. The first-order valence-electron chi connectivity index (χ1n) is 22.0. The van der Waals surface area contributed by atoms with Gasteiger partial charge in [0.25, 0.3) is 70.9 Å². The molecule has 0 aliphatic heterocycles. The monoisotopic (exact) mass is 1060 g/mol. The number of rotatable bonds is 12. The molecule has 0 aliphatic carbocycles. The Kier molecular flexibility index (Phi) is 17.5. The highest BCUT2D eigenvalue weighted by atomic mass is 16.2. The molecule has 0 radical (unpaired) electrons. The SMILES string of the molecule is O=C(NNC(=O)c1c(C(=O)NNC(=O)c2ccncc2)c(C(=O)NNC(=O)c2ccncc2)c(C(=O)NNC(=O)c2ccncc2)c(C(=O)NNC(=O)c2ccncc2)c1C(=O)NNC(=O)c1ccncc1)c1ccncc1. The van der Waals surface area contributed by atoms with Crippen LogP contribution in [-0.4, -0.2) is 101 Å². The third-order valence-corrected chi connectivity index (χ3v) is 10.3. The Morgan fingerprint density at radius 1 is 0.179 bits per heavy atom. The molecular formula is C48H36N18O12. The second-order valence-corrected chi connectivity index (χ2v) is 15.1. The predicted molar refractivity (Wildman–Crippen MR) is 261 cm³/mol. The zero-order valence-corrected chi connectivity index (χ0v) is 39.4.